The van der Waals surface area contributed by atoms with Crippen LogP contribution in [-0.4, -0.2) is 55.8 Å². The van der Waals surface area contributed by atoms with E-state index in [-0.39, 0.29) is 17.9 Å². The molecule has 1 fully saturated rings. The molecular weight excluding hydrogens is 528 g/mol. The number of nitriles is 1. The van der Waals surface area contributed by atoms with Crippen LogP contribution in [0.3, 0.4) is 0 Å². The Morgan fingerprint density at radius 2 is 1.29 bits per heavy atom. The maximum Gasteiger partial charge on any atom is 0.316 e. The lowest BCUT2D eigenvalue weighted by Gasteiger charge is -2.28. The Balaban J connectivity index is -0.000000137. The molecule has 3 amide bonds. The summed E-state index contributed by atoms with van der Waals surface area (Å²) in [5.74, 6) is 4.47. The van der Waals surface area contributed by atoms with Crippen molar-refractivity contribution in [2.24, 2.45) is 46.2 Å². The molecule has 42 heavy (non-hydrogen) atoms. The van der Waals surface area contributed by atoms with Crippen molar-refractivity contribution in [1.82, 2.24) is 26.2 Å². The third-order valence-electron chi connectivity index (χ3n) is 3.94. The molecule has 1 rings (SSSR count). The zero-order valence-corrected chi connectivity index (χ0v) is 30.4. The van der Waals surface area contributed by atoms with Crippen molar-refractivity contribution in [3.8, 4) is 6.19 Å². The molecule has 1 aliphatic rings. The lowest BCUT2D eigenvalue weighted by atomic mass is 10.2. The topological polar surface area (TPSA) is 148 Å². The number of hydrogen-bond donors (Lipinski definition) is 5. The molecule has 1 heterocycles. The first-order chi connectivity index (χ1) is 19.2. The van der Waals surface area contributed by atoms with Crippen LogP contribution in [0.5, 0.6) is 0 Å². The fourth-order valence-corrected chi connectivity index (χ4v) is 1.86. The minimum absolute atomic E-state index is 0.0544. The van der Waals surface area contributed by atoms with E-state index in [9.17, 15) is 9.59 Å². The molecular formula is C32H72N8O2. The fraction of sp³-hybridized carbons (Fsp3) is 0.875. The van der Waals surface area contributed by atoms with Crippen molar-refractivity contribution in [2.45, 2.75) is 117 Å². The maximum atomic E-state index is 10.6. The zero-order valence-electron chi connectivity index (χ0n) is 30.4. The number of rotatable bonds is 7. The van der Waals surface area contributed by atoms with E-state index in [4.69, 9.17) is 11.0 Å². The normalized spacial score (nSPS) is 12.5. The second-order valence-electron chi connectivity index (χ2n) is 13.2. The standard InChI is InChI=1S/C7H15N3O.C6H12N4.C6H13NO.C5H12.2C4H10/c1-6(2)3-10-4-8-7(11)9-5-10;1-5(2)3-9-6(8)10-4-7;1-5(2)4-7-6(3)8;1-4-5(2)3;2*1-4(2)3/h6H,3-5H2,1-2H3,(H2,8,9,11);5H,3H2,1-2H3,(H3,8,9,10);5H,4H2,1-3H3,(H,7,8);5H,4H2,1-3H3;2*4H,1-3H3. The van der Waals surface area contributed by atoms with Crippen LogP contribution in [0, 0.1) is 47.0 Å². The number of nitrogens with two attached hydrogens (primary N) is 1. The maximum absolute atomic E-state index is 10.6. The minimum atomic E-state index is -0.0648. The summed E-state index contributed by atoms with van der Waals surface area (Å²) in [5.41, 5.74) is 5.25. The molecule has 0 saturated carbocycles. The second kappa shape index (κ2) is 34.7. The molecule has 0 spiro atoms. The van der Waals surface area contributed by atoms with Crippen LogP contribution >= 0.6 is 0 Å². The molecule has 252 valence electrons. The molecule has 0 radical (unpaired) electrons. The smallest absolute Gasteiger partial charge is 0.316 e. The van der Waals surface area contributed by atoms with Crippen LogP contribution in [0.1, 0.15) is 117 Å². The Morgan fingerprint density at radius 3 is 1.52 bits per heavy atom. The lowest BCUT2D eigenvalue weighted by Crippen LogP contribution is -2.54. The number of aliphatic imine (C=N–C) groups is 1. The summed E-state index contributed by atoms with van der Waals surface area (Å²) in [7, 11) is 0. The highest BCUT2D eigenvalue weighted by atomic mass is 16.2. The number of hydrogen-bond acceptors (Lipinski definition) is 5. The Labute approximate surface area is 261 Å². The summed E-state index contributed by atoms with van der Waals surface area (Å²) < 4.78 is 0. The van der Waals surface area contributed by atoms with Gasteiger partial charge in [0.15, 0.2) is 6.19 Å². The highest BCUT2D eigenvalue weighted by Gasteiger charge is 2.13. The molecule has 10 nitrogen and oxygen atoms in total. The Kier molecular flexibility index (Phi) is 40.6. The van der Waals surface area contributed by atoms with Gasteiger partial charge in [-0.2, -0.15) is 5.26 Å². The first kappa shape index (κ1) is 49.2. The van der Waals surface area contributed by atoms with E-state index < -0.39 is 0 Å². The van der Waals surface area contributed by atoms with Gasteiger partial charge < -0.3 is 21.7 Å². The number of guanidine groups is 1. The van der Waals surface area contributed by atoms with Gasteiger partial charge in [-0.15, -0.1) is 0 Å². The summed E-state index contributed by atoms with van der Waals surface area (Å²) in [6, 6.07) is -0.0648. The first-order valence-corrected chi connectivity index (χ1v) is 15.6. The van der Waals surface area contributed by atoms with E-state index in [0.29, 0.717) is 37.6 Å². The zero-order chi connectivity index (χ0) is 34.3. The first-order valence-electron chi connectivity index (χ1n) is 15.6. The van der Waals surface area contributed by atoms with Gasteiger partial charge in [0.25, 0.3) is 0 Å². The van der Waals surface area contributed by atoms with Crippen LogP contribution < -0.4 is 27.0 Å². The van der Waals surface area contributed by atoms with Gasteiger partial charge in [0, 0.05) is 26.6 Å². The molecule has 1 saturated heterocycles. The lowest BCUT2D eigenvalue weighted by molar-refractivity contribution is -0.119. The molecule has 0 bridgehead atoms. The van der Waals surface area contributed by atoms with Crippen LogP contribution in [0.4, 0.5) is 4.79 Å². The largest absolute Gasteiger partial charge is 0.369 e. The van der Waals surface area contributed by atoms with Gasteiger partial charge in [0.1, 0.15) is 0 Å². The molecule has 1 aliphatic heterocycles. The second-order valence-corrected chi connectivity index (χ2v) is 13.2. The highest BCUT2D eigenvalue weighted by molar-refractivity contribution is 5.79. The van der Waals surface area contributed by atoms with E-state index in [1.807, 2.05) is 13.8 Å². The van der Waals surface area contributed by atoms with Crippen LogP contribution in [0.15, 0.2) is 4.99 Å². The van der Waals surface area contributed by atoms with Gasteiger partial charge >= 0.3 is 6.03 Å². The van der Waals surface area contributed by atoms with Crippen LogP contribution in [0.25, 0.3) is 0 Å². The predicted octanol–water partition coefficient (Wildman–Crippen LogP) is 6.36. The number of urea groups is 1. The molecule has 0 atom stereocenters. The average Bonchev–Trinajstić information content (AvgIpc) is 2.83. The van der Waals surface area contributed by atoms with Gasteiger partial charge in [-0.3, -0.25) is 20.0 Å². The number of nitrogens with one attached hydrogen (secondary N) is 4. The quantitative estimate of drug-likeness (QED) is 0.0994. The van der Waals surface area contributed by atoms with Gasteiger partial charge in [-0.1, -0.05) is 110 Å². The molecule has 0 unspecified atom stereocenters. The van der Waals surface area contributed by atoms with Crippen molar-refractivity contribution < 1.29 is 9.59 Å². The van der Waals surface area contributed by atoms with Gasteiger partial charge in [0.2, 0.25) is 11.9 Å². The van der Waals surface area contributed by atoms with Crippen LogP contribution in [0.2, 0.25) is 0 Å². The molecule has 0 aromatic carbocycles. The fourth-order valence-electron chi connectivity index (χ4n) is 1.86. The summed E-state index contributed by atoms with van der Waals surface area (Å²) in [6.45, 7) is 37.5. The summed E-state index contributed by atoms with van der Waals surface area (Å²) in [4.78, 5) is 26.9. The Morgan fingerprint density at radius 1 is 0.881 bits per heavy atom. The average molecular weight is 601 g/mol. The van der Waals surface area contributed by atoms with Crippen molar-refractivity contribution in [3.05, 3.63) is 0 Å². The number of nitrogens with zero attached hydrogens (tertiary/aromatic N) is 3. The van der Waals surface area contributed by atoms with Gasteiger partial charge in [0.05, 0.1) is 13.3 Å². The summed E-state index contributed by atoms with van der Waals surface area (Å²) in [5, 5.41) is 18.4. The number of carbonyl (C=O) groups excluding carboxylic acids is 2. The molecule has 0 aromatic rings. The Bertz CT molecular complexity index is 648. The Hall–Kier alpha value is -2.54. The van der Waals surface area contributed by atoms with E-state index in [2.05, 4.69) is 121 Å². The van der Waals surface area contributed by atoms with Gasteiger partial charge in [-0.05, 0) is 35.5 Å². The SMILES string of the molecule is CC(=O)NCC(C)C.CC(C)C.CC(C)C.CC(C)CN1CNC(=O)NC1.CC(C)CN=C(N)NC#N.CCC(C)C. The van der Waals surface area contributed by atoms with Crippen molar-refractivity contribution >= 4 is 17.9 Å². The van der Waals surface area contributed by atoms with Crippen molar-refractivity contribution in [3.63, 3.8) is 0 Å². The summed E-state index contributed by atoms with van der Waals surface area (Å²) >= 11 is 0. The summed E-state index contributed by atoms with van der Waals surface area (Å²) in [6.07, 6.45) is 2.99. The predicted molar refractivity (Wildman–Crippen MR) is 183 cm³/mol. The third-order valence-corrected chi connectivity index (χ3v) is 3.94. The van der Waals surface area contributed by atoms with Crippen LogP contribution in [-0.2, 0) is 4.79 Å². The molecule has 10 heteroatoms. The van der Waals surface area contributed by atoms with E-state index in [1.54, 1.807) is 6.19 Å². The van der Waals surface area contributed by atoms with E-state index in [1.165, 1.54) is 13.3 Å². The highest BCUT2D eigenvalue weighted by Crippen LogP contribution is 1.97. The van der Waals surface area contributed by atoms with Crippen molar-refractivity contribution in [2.75, 3.05) is 33.0 Å². The number of amides is 3. The molecule has 0 aliphatic carbocycles. The monoisotopic (exact) mass is 601 g/mol. The van der Waals surface area contributed by atoms with Gasteiger partial charge in [-0.25, -0.2) is 4.79 Å². The minimum Gasteiger partial charge on any atom is -0.369 e. The third kappa shape index (κ3) is 71.1. The molecule has 0 aromatic heterocycles. The van der Waals surface area contributed by atoms with E-state index in [0.717, 1.165) is 30.8 Å². The van der Waals surface area contributed by atoms with E-state index >= 15 is 0 Å². The van der Waals surface area contributed by atoms with Crippen molar-refractivity contribution in [1.29, 1.82) is 5.26 Å². The molecule has 6 N–H and O–H groups in total. The number of carbonyl (C=O) groups is 2.